The predicted molar refractivity (Wildman–Crippen MR) is 66.1 cm³/mol. The van der Waals surface area contributed by atoms with Gasteiger partial charge in [-0.1, -0.05) is 0 Å². The van der Waals surface area contributed by atoms with Gasteiger partial charge in [0.15, 0.2) is 0 Å². The van der Waals surface area contributed by atoms with Gasteiger partial charge in [-0.3, -0.25) is 9.59 Å². The zero-order chi connectivity index (χ0) is 13.4. The molecule has 104 valence electrons. The summed E-state index contributed by atoms with van der Waals surface area (Å²) in [6, 6.07) is 0. The highest BCUT2D eigenvalue weighted by atomic mass is 16.5. The molecule has 1 N–H and O–H groups in total. The van der Waals surface area contributed by atoms with Crippen molar-refractivity contribution in [2.45, 2.75) is 12.8 Å². The molecule has 6 nitrogen and oxygen atoms in total. The van der Waals surface area contributed by atoms with E-state index in [1.165, 1.54) is 0 Å². The molecule has 1 aliphatic heterocycles. The van der Waals surface area contributed by atoms with Crippen LogP contribution in [0.3, 0.4) is 0 Å². The van der Waals surface area contributed by atoms with Gasteiger partial charge >= 0.3 is 0 Å². The second-order valence-electron chi connectivity index (χ2n) is 4.35. The average molecular weight is 258 g/mol. The number of nitrogens with zero attached hydrogens (tertiary/aromatic N) is 1. The summed E-state index contributed by atoms with van der Waals surface area (Å²) in [5.74, 6) is -0.0140. The summed E-state index contributed by atoms with van der Waals surface area (Å²) >= 11 is 0. The van der Waals surface area contributed by atoms with Gasteiger partial charge in [-0.25, -0.2) is 0 Å². The molecule has 0 aromatic carbocycles. The van der Waals surface area contributed by atoms with E-state index >= 15 is 0 Å². The average Bonchev–Trinajstić information content (AvgIpc) is 2.39. The number of piperidine rings is 1. The molecular formula is C12H22N2O4. The minimum atomic E-state index is -0.114. The molecule has 6 heteroatoms. The van der Waals surface area contributed by atoms with Crippen LogP contribution >= 0.6 is 0 Å². The monoisotopic (exact) mass is 258 g/mol. The number of methoxy groups -OCH3 is 2. The SMILES string of the molecule is COCCN(CCOC)C(=O)C1CCC(=O)NC1. The van der Waals surface area contributed by atoms with E-state index in [9.17, 15) is 9.59 Å². The lowest BCUT2D eigenvalue weighted by atomic mass is 9.97. The van der Waals surface area contributed by atoms with Crippen LogP contribution in [0.2, 0.25) is 0 Å². The third kappa shape index (κ3) is 4.62. The maximum absolute atomic E-state index is 12.3. The molecule has 2 amide bonds. The quantitative estimate of drug-likeness (QED) is 0.677. The van der Waals surface area contributed by atoms with E-state index in [1.54, 1.807) is 19.1 Å². The number of hydrogen-bond donors (Lipinski definition) is 1. The Morgan fingerprint density at radius 1 is 1.33 bits per heavy atom. The Labute approximate surface area is 108 Å². The fourth-order valence-electron chi connectivity index (χ4n) is 1.94. The molecule has 1 aliphatic rings. The minimum absolute atomic E-state index is 0.0272. The third-order valence-corrected chi connectivity index (χ3v) is 3.06. The summed E-state index contributed by atoms with van der Waals surface area (Å²) in [5, 5.41) is 2.73. The molecule has 0 aliphatic carbocycles. The number of carbonyl (C=O) groups is 2. The van der Waals surface area contributed by atoms with Gasteiger partial charge in [0.25, 0.3) is 0 Å². The van der Waals surface area contributed by atoms with E-state index in [0.29, 0.717) is 45.7 Å². The molecule has 1 rings (SSSR count). The van der Waals surface area contributed by atoms with Crippen molar-refractivity contribution in [2.75, 3.05) is 47.1 Å². The first-order chi connectivity index (χ1) is 8.69. The van der Waals surface area contributed by atoms with Crippen LogP contribution in [-0.2, 0) is 19.1 Å². The van der Waals surface area contributed by atoms with Gasteiger partial charge in [-0.05, 0) is 6.42 Å². The molecule has 0 saturated carbocycles. The highest BCUT2D eigenvalue weighted by molar-refractivity contribution is 5.83. The first kappa shape index (κ1) is 14.9. The van der Waals surface area contributed by atoms with Gasteiger partial charge in [-0.15, -0.1) is 0 Å². The normalized spacial score (nSPS) is 19.4. The van der Waals surface area contributed by atoms with Crippen molar-refractivity contribution < 1.29 is 19.1 Å². The summed E-state index contributed by atoms with van der Waals surface area (Å²) in [5.41, 5.74) is 0. The van der Waals surface area contributed by atoms with Crippen LogP contribution in [0.1, 0.15) is 12.8 Å². The summed E-state index contributed by atoms with van der Waals surface area (Å²) in [6.07, 6.45) is 1.06. The van der Waals surface area contributed by atoms with Crippen molar-refractivity contribution in [3.8, 4) is 0 Å². The molecular weight excluding hydrogens is 236 g/mol. The number of ether oxygens (including phenoxy) is 2. The second-order valence-corrected chi connectivity index (χ2v) is 4.35. The Bertz CT molecular complexity index is 265. The second kappa shape index (κ2) is 8.05. The zero-order valence-electron chi connectivity index (χ0n) is 11.1. The molecule has 0 spiro atoms. The van der Waals surface area contributed by atoms with Crippen molar-refractivity contribution in [1.29, 1.82) is 0 Å². The number of carbonyl (C=O) groups excluding carboxylic acids is 2. The first-order valence-electron chi connectivity index (χ1n) is 6.22. The van der Waals surface area contributed by atoms with Gasteiger partial charge in [0, 0.05) is 40.3 Å². The number of hydrogen-bond acceptors (Lipinski definition) is 4. The Morgan fingerprint density at radius 2 is 1.94 bits per heavy atom. The largest absolute Gasteiger partial charge is 0.383 e. The molecule has 1 unspecified atom stereocenters. The lowest BCUT2D eigenvalue weighted by Crippen LogP contribution is -2.46. The number of rotatable bonds is 7. The van der Waals surface area contributed by atoms with Crippen molar-refractivity contribution >= 4 is 11.8 Å². The lowest BCUT2D eigenvalue weighted by molar-refractivity contribution is -0.138. The van der Waals surface area contributed by atoms with Crippen LogP contribution in [0.15, 0.2) is 0 Å². The predicted octanol–water partition coefficient (Wildman–Crippen LogP) is -0.366. The van der Waals surface area contributed by atoms with Crippen LogP contribution in [0, 0.1) is 5.92 Å². The molecule has 0 radical (unpaired) electrons. The molecule has 1 fully saturated rings. The number of nitrogens with one attached hydrogen (secondary N) is 1. The molecule has 0 bridgehead atoms. The van der Waals surface area contributed by atoms with E-state index in [0.717, 1.165) is 0 Å². The van der Waals surface area contributed by atoms with E-state index in [4.69, 9.17) is 9.47 Å². The Kier molecular flexibility index (Phi) is 6.67. The maximum atomic E-state index is 12.3. The topological polar surface area (TPSA) is 67.9 Å². The Morgan fingerprint density at radius 3 is 2.39 bits per heavy atom. The minimum Gasteiger partial charge on any atom is -0.383 e. The van der Waals surface area contributed by atoms with E-state index < -0.39 is 0 Å². The van der Waals surface area contributed by atoms with E-state index in [1.807, 2.05) is 0 Å². The fraction of sp³-hybridized carbons (Fsp3) is 0.833. The maximum Gasteiger partial charge on any atom is 0.227 e. The summed E-state index contributed by atoms with van der Waals surface area (Å²) in [7, 11) is 3.22. The summed E-state index contributed by atoms with van der Waals surface area (Å²) < 4.78 is 10.0. The van der Waals surface area contributed by atoms with Crippen LogP contribution in [0.25, 0.3) is 0 Å². The third-order valence-electron chi connectivity index (χ3n) is 3.06. The zero-order valence-corrected chi connectivity index (χ0v) is 11.1. The molecule has 0 aromatic heterocycles. The van der Waals surface area contributed by atoms with Crippen molar-refractivity contribution in [3.05, 3.63) is 0 Å². The van der Waals surface area contributed by atoms with Gasteiger partial charge < -0.3 is 19.7 Å². The van der Waals surface area contributed by atoms with Gasteiger partial charge in [0.05, 0.1) is 19.1 Å². The molecule has 1 saturated heterocycles. The van der Waals surface area contributed by atoms with E-state index in [2.05, 4.69) is 5.32 Å². The van der Waals surface area contributed by atoms with Gasteiger partial charge in [-0.2, -0.15) is 0 Å². The Balaban J connectivity index is 2.48. The highest BCUT2D eigenvalue weighted by Crippen LogP contribution is 2.14. The smallest absolute Gasteiger partial charge is 0.227 e. The van der Waals surface area contributed by atoms with Crippen molar-refractivity contribution in [2.24, 2.45) is 5.92 Å². The molecule has 1 heterocycles. The van der Waals surface area contributed by atoms with Crippen molar-refractivity contribution in [1.82, 2.24) is 10.2 Å². The molecule has 0 aromatic rings. The first-order valence-corrected chi connectivity index (χ1v) is 6.22. The van der Waals surface area contributed by atoms with Crippen LogP contribution in [0.5, 0.6) is 0 Å². The van der Waals surface area contributed by atoms with Crippen LogP contribution in [-0.4, -0.2) is 63.8 Å². The molecule has 1 atom stereocenters. The fourth-order valence-corrected chi connectivity index (χ4v) is 1.94. The van der Waals surface area contributed by atoms with E-state index in [-0.39, 0.29) is 17.7 Å². The van der Waals surface area contributed by atoms with Gasteiger partial charge in [0.2, 0.25) is 11.8 Å². The summed E-state index contributed by atoms with van der Waals surface area (Å²) in [4.78, 5) is 25.1. The molecule has 18 heavy (non-hydrogen) atoms. The Hall–Kier alpha value is -1.14. The van der Waals surface area contributed by atoms with Gasteiger partial charge in [0.1, 0.15) is 0 Å². The van der Waals surface area contributed by atoms with Crippen molar-refractivity contribution in [3.63, 3.8) is 0 Å². The summed E-state index contributed by atoms with van der Waals surface area (Å²) in [6.45, 7) is 2.57. The van der Waals surface area contributed by atoms with Crippen LogP contribution < -0.4 is 5.32 Å². The highest BCUT2D eigenvalue weighted by Gasteiger charge is 2.27. The number of amides is 2. The standard InChI is InChI=1S/C12H22N2O4/c1-17-7-5-14(6-8-18-2)12(16)10-3-4-11(15)13-9-10/h10H,3-9H2,1-2H3,(H,13,15). The lowest BCUT2D eigenvalue weighted by Gasteiger charge is -2.29. The van der Waals surface area contributed by atoms with Crippen LogP contribution in [0.4, 0.5) is 0 Å².